The van der Waals surface area contributed by atoms with Crippen molar-refractivity contribution in [3.8, 4) is 0 Å². The predicted molar refractivity (Wildman–Crippen MR) is 85.0 cm³/mol. The molecule has 0 atom stereocenters. The number of carbonyl (C=O) groups is 1. The Labute approximate surface area is 128 Å². The number of imidazole rings is 1. The lowest BCUT2D eigenvalue weighted by Crippen LogP contribution is -2.13. The van der Waals surface area contributed by atoms with Crippen molar-refractivity contribution in [2.24, 2.45) is 5.73 Å². The number of aromatic nitrogens is 2. The van der Waals surface area contributed by atoms with Gasteiger partial charge in [-0.3, -0.25) is 0 Å². The van der Waals surface area contributed by atoms with Crippen molar-refractivity contribution in [1.82, 2.24) is 9.55 Å². The highest BCUT2D eigenvalue weighted by Crippen LogP contribution is 2.20. The Bertz CT molecular complexity index is 824. The zero-order chi connectivity index (χ0) is 15.5. The standard InChI is InChI=1S/C17H17N3O2/c18-10-9-16-19-14-7-3-4-8-15(14)20(16)11-12-5-1-2-6-13(12)17(21)22/h1-8H,9-11,18H2,(H,21,22). The SMILES string of the molecule is NCCc1nc2ccccc2n1Cc1ccccc1C(=O)O. The van der Waals surface area contributed by atoms with Crippen LogP contribution >= 0.6 is 0 Å². The topological polar surface area (TPSA) is 81.1 Å². The number of hydrogen-bond acceptors (Lipinski definition) is 3. The summed E-state index contributed by atoms with van der Waals surface area (Å²) in [4.78, 5) is 16.0. The number of para-hydroxylation sites is 2. The summed E-state index contributed by atoms with van der Waals surface area (Å²) in [6.45, 7) is 0.974. The van der Waals surface area contributed by atoms with Crippen molar-refractivity contribution >= 4 is 17.0 Å². The van der Waals surface area contributed by atoms with Crippen LogP contribution in [0.3, 0.4) is 0 Å². The maximum Gasteiger partial charge on any atom is 0.336 e. The summed E-state index contributed by atoms with van der Waals surface area (Å²) in [5, 5.41) is 9.34. The van der Waals surface area contributed by atoms with Gasteiger partial charge in [0, 0.05) is 6.42 Å². The minimum Gasteiger partial charge on any atom is -0.478 e. The summed E-state index contributed by atoms with van der Waals surface area (Å²) >= 11 is 0. The summed E-state index contributed by atoms with van der Waals surface area (Å²) in [6, 6.07) is 14.9. The monoisotopic (exact) mass is 295 g/mol. The van der Waals surface area contributed by atoms with Gasteiger partial charge in [0.2, 0.25) is 0 Å². The van der Waals surface area contributed by atoms with Crippen LogP contribution in [0.25, 0.3) is 11.0 Å². The number of fused-ring (bicyclic) bond motifs is 1. The predicted octanol–water partition coefficient (Wildman–Crippen LogP) is 2.28. The van der Waals surface area contributed by atoms with Gasteiger partial charge in [-0.1, -0.05) is 30.3 Å². The Morgan fingerprint density at radius 2 is 1.86 bits per heavy atom. The van der Waals surface area contributed by atoms with Gasteiger partial charge in [0.25, 0.3) is 0 Å². The highest BCUT2D eigenvalue weighted by molar-refractivity contribution is 5.89. The van der Waals surface area contributed by atoms with E-state index >= 15 is 0 Å². The molecule has 22 heavy (non-hydrogen) atoms. The molecule has 2 aromatic carbocycles. The van der Waals surface area contributed by atoms with E-state index < -0.39 is 5.97 Å². The van der Waals surface area contributed by atoms with E-state index in [9.17, 15) is 9.90 Å². The van der Waals surface area contributed by atoms with Crippen LogP contribution in [0, 0.1) is 0 Å². The van der Waals surface area contributed by atoms with Gasteiger partial charge in [0.1, 0.15) is 5.82 Å². The number of nitrogens with two attached hydrogens (primary N) is 1. The van der Waals surface area contributed by atoms with Crippen LogP contribution < -0.4 is 5.73 Å². The van der Waals surface area contributed by atoms with E-state index in [1.165, 1.54) is 0 Å². The molecule has 0 radical (unpaired) electrons. The summed E-state index contributed by atoms with van der Waals surface area (Å²) in [5.41, 5.74) is 8.65. The third-order valence-electron chi connectivity index (χ3n) is 3.68. The third kappa shape index (κ3) is 2.58. The normalized spacial score (nSPS) is 11.0. The van der Waals surface area contributed by atoms with Crippen LogP contribution in [0.2, 0.25) is 0 Å². The molecule has 0 saturated carbocycles. The number of carboxylic acid groups (broad SMARTS) is 1. The van der Waals surface area contributed by atoms with E-state index in [-0.39, 0.29) is 0 Å². The minimum atomic E-state index is -0.916. The lowest BCUT2D eigenvalue weighted by molar-refractivity contribution is 0.0695. The molecule has 3 aromatic rings. The second-order valence-electron chi connectivity index (χ2n) is 5.10. The Hall–Kier alpha value is -2.66. The van der Waals surface area contributed by atoms with Crippen LogP contribution in [0.4, 0.5) is 0 Å². The number of nitrogens with zero attached hydrogens (tertiary/aromatic N) is 2. The van der Waals surface area contributed by atoms with Crippen LogP contribution in [0.15, 0.2) is 48.5 Å². The molecular formula is C17H17N3O2. The average Bonchev–Trinajstić information content (AvgIpc) is 2.86. The number of aromatic carboxylic acids is 1. The zero-order valence-electron chi connectivity index (χ0n) is 12.1. The number of hydrogen-bond donors (Lipinski definition) is 2. The first-order chi connectivity index (χ1) is 10.7. The Balaban J connectivity index is 2.10. The minimum absolute atomic E-state index is 0.318. The highest BCUT2D eigenvalue weighted by Gasteiger charge is 2.14. The smallest absolute Gasteiger partial charge is 0.336 e. The molecule has 5 heteroatoms. The lowest BCUT2D eigenvalue weighted by atomic mass is 10.1. The Morgan fingerprint density at radius 1 is 1.14 bits per heavy atom. The van der Waals surface area contributed by atoms with E-state index in [0.717, 1.165) is 22.4 Å². The molecule has 3 rings (SSSR count). The van der Waals surface area contributed by atoms with E-state index in [1.54, 1.807) is 12.1 Å². The molecule has 5 nitrogen and oxygen atoms in total. The quantitative estimate of drug-likeness (QED) is 0.756. The van der Waals surface area contributed by atoms with E-state index in [4.69, 9.17) is 5.73 Å². The van der Waals surface area contributed by atoms with Crippen LogP contribution in [0.5, 0.6) is 0 Å². The largest absolute Gasteiger partial charge is 0.478 e. The fourth-order valence-electron chi connectivity index (χ4n) is 2.66. The first-order valence-corrected chi connectivity index (χ1v) is 7.16. The lowest BCUT2D eigenvalue weighted by Gasteiger charge is -2.11. The van der Waals surface area contributed by atoms with Gasteiger partial charge in [-0.25, -0.2) is 9.78 Å². The van der Waals surface area contributed by atoms with Gasteiger partial charge in [0.05, 0.1) is 23.1 Å². The molecule has 112 valence electrons. The molecule has 0 unspecified atom stereocenters. The van der Waals surface area contributed by atoms with Gasteiger partial charge in [-0.05, 0) is 30.3 Å². The summed E-state index contributed by atoms with van der Waals surface area (Å²) in [7, 11) is 0. The Kier molecular flexibility index (Phi) is 3.89. The van der Waals surface area contributed by atoms with Crippen molar-refractivity contribution in [3.63, 3.8) is 0 Å². The van der Waals surface area contributed by atoms with Crippen molar-refractivity contribution in [1.29, 1.82) is 0 Å². The fraction of sp³-hybridized carbons (Fsp3) is 0.176. The number of carboxylic acids is 1. The molecule has 0 aliphatic heterocycles. The second kappa shape index (κ2) is 5.99. The van der Waals surface area contributed by atoms with Gasteiger partial charge in [-0.2, -0.15) is 0 Å². The molecule has 0 spiro atoms. The second-order valence-corrected chi connectivity index (χ2v) is 5.10. The zero-order valence-corrected chi connectivity index (χ0v) is 12.1. The van der Waals surface area contributed by atoms with Gasteiger partial charge < -0.3 is 15.4 Å². The van der Waals surface area contributed by atoms with Crippen LogP contribution in [-0.4, -0.2) is 27.2 Å². The molecule has 0 amide bonds. The molecule has 0 aliphatic rings. The van der Waals surface area contributed by atoms with Crippen molar-refractivity contribution < 1.29 is 9.90 Å². The highest BCUT2D eigenvalue weighted by atomic mass is 16.4. The molecular weight excluding hydrogens is 278 g/mol. The molecule has 1 heterocycles. The molecule has 0 saturated heterocycles. The molecule has 0 bridgehead atoms. The molecule has 0 fully saturated rings. The molecule has 0 aliphatic carbocycles. The van der Waals surface area contributed by atoms with Crippen molar-refractivity contribution in [2.75, 3.05) is 6.54 Å². The number of rotatable bonds is 5. The summed E-state index contributed by atoms with van der Waals surface area (Å²) in [5.74, 6) is -0.0377. The van der Waals surface area contributed by atoms with Crippen molar-refractivity contribution in [2.45, 2.75) is 13.0 Å². The fourth-order valence-corrected chi connectivity index (χ4v) is 2.66. The number of benzene rings is 2. The molecule has 3 N–H and O–H groups in total. The van der Waals surface area contributed by atoms with Gasteiger partial charge in [0.15, 0.2) is 0 Å². The maximum atomic E-state index is 11.4. The first-order valence-electron chi connectivity index (χ1n) is 7.16. The van der Waals surface area contributed by atoms with Crippen LogP contribution in [0.1, 0.15) is 21.7 Å². The Morgan fingerprint density at radius 3 is 2.64 bits per heavy atom. The van der Waals surface area contributed by atoms with Crippen molar-refractivity contribution in [3.05, 3.63) is 65.5 Å². The van der Waals surface area contributed by atoms with Gasteiger partial charge in [-0.15, -0.1) is 0 Å². The van der Waals surface area contributed by atoms with E-state index in [0.29, 0.717) is 25.1 Å². The van der Waals surface area contributed by atoms with E-state index in [1.807, 2.05) is 41.0 Å². The molecule has 1 aromatic heterocycles. The van der Waals surface area contributed by atoms with Crippen LogP contribution in [-0.2, 0) is 13.0 Å². The third-order valence-corrected chi connectivity index (χ3v) is 3.68. The summed E-state index contributed by atoms with van der Waals surface area (Å²) < 4.78 is 2.05. The van der Waals surface area contributed by atoms with Gasteiger partial charge >= 0.3 is 5.97 Å². The first kappa shape index (κ1) is 14.3. The maximum absolute atomic E-state index is 11.4. The summed E-state index contributed by atoms with van der Waals surface area (Å²) in [6.07, 6.45) is 0.657. The average molecular weight is 295 g/mol. The van der Waals surface area contributed by atoms with E-state index in [2.05, 4.69) is 4.98 Å².